The topological polar surface area (TPSA) is 79.4 Å². The lowest BCUT2D eigenvalue weighted by molar-refractivity contribution is -0.121. The predicted molar refractivity (Wildman–Crippen MR) is 108 cm³/mol. The second-order valence-electron chi connectivity index (χ2n) is 6.59. The van der Waals surface area contributed by atoms with Gasteiger partial charge in [0.1, 0.15) is 10.8 Å². The molecular weight excluding hydrogens is 413 g/mol. The van der Waals surface area contributed by atoms with Crippen LogP contribution < -0.4 is 5.32 Å². The van der Waals surface area contributed by atoms with E-state index >= 15 is 0 Å². The first kappa shape index (κ1) is 19.7. The molecule has 29 heavy (non-hydrogen) atoms. The SMILES string of the molecule is O=C1C[C@@H](c2ccccc2)N(S(=O)(=O)c2csc(-c3ccc(F)cc3)n2)CCN1. The van der Waals surface area contributed by atoms with E-state index in [0.29, 0.717) is 10.6 Å². The van der Waals surface area contributed by atoms with Gasteiger partial charge < -0.3 is 5.32 Å². The highest BCUT2D eigenvalue weighted by Crippen LogP contribution is 2.33. The molecule has 6 nitrogen and oxygen atoms in total. The summed E-state index contributed by atoms with van der Waals surface area (Å²) in [5.74, 6) is -0.563. The number of nitrogens with one attached hydrogen (secondary N) is 1. The van der Waals surface area contributed by atoms with Crippen LogP contribution in [0.5, 0.6) is 0 Å². The van der Waals surface area contributed by atoms with Gasteiger partial charge in [0.25, 0.3) is 10.0 Å². The molecule has 3 aromatic rings. The molecule has 0 bridgehead atoms. The third kappa shape index (κ3) is 4.07. The minimum atomic E-state index is -3.94. The maximum absolute atomic E-state index is 13.4. The van der Waals surface area contributed by atoms with E-state index in [1.165, 1.54) is 33.2 Å². The zero-order valence-electron chi connectivity index (χ0n) is 15.3. The smallest absolute Gasteiger partial charge is 0.262 e. The Balaban J connectivity index is 1.71. The van der Waals surface area contributed by atoms with Crippen molar-refractivity contribution in [3.8, 4) is 10.6 Å². The summed E-state index contributed by atoms with van der Waals surface area (Å²) in [5, 5.41) is 4.64. The second kappa shape index (κ2) is 8.02. The molecule has 0 unspecified atom stereocenters. The van der Waals surface area contributed by atoms with Gasteiger partial charge in [0.15, 0.2) is 5.03 Å². The average molecular weight is 432 g/mol. The maximum atomic E-state index is 13.4. The molecule has 1 fully saturated rings. The fraction of sp³-hybridized carbons (Fsp3) is 0.200. The summed E-state index contributed by atoms with van der Waals surface area (Å²) in [5.41, 5.74) is 1.40. The summed E-state index contributed by atoms with van der Waals surface area (Å²) in [6.07, 6.45) is 0.0399. The van der Waals surface area contributed by atoms with E-state index in [-0.39, 0.29) is 36.3 Å². The van der Waals surface area contributed by atoms with Gasteiger partial charge in [-0.05, 0) is 29.8 Å². The minimum Gasteiger partial charge on any atom is -0.355 e. The highest BCUT2D eigenvalue weighted by Gasteiger charge is 2.36. The van der Waals surface area contributed by atoms with Crippen molar-refractivity contribution in [1.29, 1.82) is 0 Å². The summed E-state index contributed by atoms with van der Waals surface area (Å²) in [7, 11) is -3.94. The van der Waals surface area contributed by atoms with E-state index < -0.39 is 16.1 Å². The van der Waals surface area contributed by atoms with Crippen molar-refractivity contribution < 1.29 is 17.6 Å². The number of carbonyl (C=O) groups excluding carboxylic acids is 1. The Morgan fingerprint density at radius 3 is 2.55 bits per heavy atom. The number of thiazole rings is 1. The van der Waals surface area contributed by atoms with Crippen molar-refractivity contribution in [3.63, 3.8) is 0 Å². The van der Waals surface area contributed by atoms with Crippen LogP contribution in [-0.4, -0.2) is 36.7 Å². The van der Waals surface area contributed by atoms with Crippen molar-refractivity contribution in [2.45, 2.75) is 17.5 Å². The number of hydrogen-bond acceptors (Lipinski definition) is 5. The highest BCUT2D eigenvalue weighted by atomic mass is 32.2. The molecule has 2 aromatic carbocycles. The standard InChI is InChI=1S/C20H18FN3O3S2/c21-16-8-6-15(7-9-16)20-23-19(13-28-20)29(26,27)24-11-10-22-18(25)12-17(24)14-4-2-1-3-5-14/h1-9,13,17H,10-12H2,(H,22,25)/t17-/m0/s1. The molecule has 1 atom stereocenters. The van der Waals surface area contributed by atoms with Crippen LogP contribution >= 0.6 is 11.3 Å². The van der Waals surface area contributed by atoms with Crippen molar-refractivity contribution in [1.82, 2.24) is 14.6 Å². The molecule has 4 rings (SSSR count). The summed E-state index contributed by atoms with van der Waals surface area (Å²) >= 11 is 1.18. The maximum Gasteiger partial charge on any atom is 0.262 e. The van der Waals surface area contributed by atoms with E-state index in [9.17, 15) is 17.6 Å². The Kier molecular flexibility index (Phi) is 5.44. The van der Waals surface area contributed by atoms with Gasteiger partial charge in [-0.15, -0.1) is 11.3 Å². The molecular formula is C20H18FN3O3S2. The van der Waals surface area contributed by atoms with E-state index in [4.69, 9.17) is 0 Å². The zero-order valence-corrected chi connectivity index (χ0v) is 16.9. The lowest BCUT2D eigenvalue weighted by atomic mass is 10.0. The molecule has 1 aromatic heterocycles. The molecule has 0 aliphatic carbocycles. The molecule has 1 saturated heterocycles. The number of sulfonamides is 1. The fourth-order valence-electron chi connectivity index (χ4n) is 3.28. The van der Waals surface area contributed by atoms with Gasteiger partial charge in [0.2, 0.25) is 5.91 Å². The highest BCUT2D eigenvalue weighted by molar-refractivity contribution is 7.89. The van der Waals surface area contributed by atoms with Crippen LogP contribution in [0.1, 0.15) is 18.0 Å². The van der Waals surface area contributed by atoms with Gasteiger partial charge in [-0.1, -0.05) is 30.3 Å². The number of carbonyl (C=O) groups is 1. The van der Waals surface area contributed by atoms with E-state index in [0.717, 1.165) is 5.56 Å². The normalized spacial score (nSPS) is 18.2. The zero-order chi connectivity index (χ0) is 20.4. The first-order valence-electron chi connectivity index (χ1n) is 9.00. The van der Waals surface area contributed by atoms with Crippen LogP contribution in [-0.2, 0) is 14.8 Å². The third-order valence-corrected chi connectivity index (χ3v) is 7.55. The Bertz CT molecular complexity index is 1120. The number of nitrogens with zero attached hydrogens (tertiary/aromatic N) is 2. The van der Waals surface area contributed by atoms with Gasteiger partial charge in [-0.25, -0.2) is 17.8 Å². The van der Waals surface area contributed by atoms with Crippen LogP contribution in [0.3, 0.4) is 0 Å². The van der Waals surface area contributed by atoms with Crippen LogP contribution in [0, 0.1) is 5.82 Å². The second-order valence-corrected chi connectivity index (χ2v) is 9.29. The van der Waals surface area contributed by atoms with Gasteiger partial charge in [-0.2, -0.15) is 4.31 Å². The first-order chi connectivity index (χ1) is 13.9. The lowest BCUT2D eigenvalue weighted by Crippen LogP contribution is -2.36. The van der Waals surface area contributed by atoms with Crippen molar-refractivity contribution in [2.24, 2.45) is 0 Å². The summed E-state index contributed by atoms with van der Waals surface area (Å²) < 4.78 is 41.3. The molecule has 0 spiro atoms. The molecule has 150 valence electrons. The van der Waals surface area contributed by atoms with Crippen molar-refractivity contribution >= 4 is 27.3 Å². The Morgan fingerprint density at radius 2 is 1.83 bits per heavy atom. The van der Waals surface area contributed by atoms with Gasteiger partial charge in [0, 0.05) is 30.5 Å². The molecule has 9 heteroatoms. The Labute approximate surface area is 172 Å². The molecule has 0 radical (unpaired) electrons. The van der Waals surface area contributed by atoms with Crippen molar-refractivity contribution in [3.05, 3.63) is 71.4 Å². The minimum absolute atomic E-state index is 0.0399. The van der Waals surface area contributed by atoms with Gasteiger partial charge in [-0.3, -0.25) is 4.79 Å². The number of benzene rings is 2. The number of amides is 1. The Morgan fingerprint density at radius 1 is 1.10 bits per heavy atom. The number of hydrogen-bond donors (Lipinski definition) is 1. The summed E-state index contributed by atoms with van der Waals surface area (Å²) in [6, 6.07) is 14.2. The Hall–Kier alpha value is -2.62. The monoisotopic (exact) mass is 431 g/mol. The average Bonchev–Trinajstić information content (AvgIpc) is 3.13. The van der Waals surface area contributed by atoms with Gasteiger partial charge >= 0.3 is 0 Å². The predicted octanol–water partition coefficient (Wildman–Crippen LogP) is 3.20. The quantitative estimate of drug-likeness (QED) is 0.688. The van der Waals surface area contributed by atoms with Gasteiger partial charge in [0.05, 0.1) is 6.04 Å². The largest absolute Gasteiger partial charge is 0.355 e. The van der Waals surface area contributed by atoms with Crippen LogP contribution in [0.4, 0.5) is 4.39 Å². The van der Waals surface area contributed by atoms with Crippen LogP contribution in [0.2, 0.25) is 0 Å². The molecule has 1 aliphatic rings. The van der Waals surface area contributed by atoms with Crippen LogP contribution in [0.25, 0.3) is 10.6 Å². The third-order valence-electron chi connectivity index (χ3n) is 4.71. The molecule has 1 N–H and O–H groups in total. The molecule has 0 saturated carbocycles. The number of halogens is 1. The van der Waals surface area contributed by atoms with E-state index in [1.54, 1.807) is 12.1 Å². The van der Waals surface area contributed by atoms with E-state index in [1.807, 2.05) is 30.3 Å². The molecule has 2 heterocycles. The molecule has 1 amide bonds. The number of rotatable bonds is 4. The first-order valence-corrected chi connectivity index (χ1v) is 11.3. The summed E-state index contributed by atoms with van der Waals surface area (Å²) in [4.78, 5) is 16.4. The lowest BCUT2D eigenvalue weighted by Gasteiger charge is -2.27. The van der Waals surface area contributed by atoms with Crippen LogP contribution in [0.15, 0.2) is 65.0 Å². The van der Waals surface area contributed by atoms with E-state index in [2.05, 4.69) is 10.3 Å². The van der Waals surface area contributed by atoms with Crippen molar-refractivity contribution in [2.75, 3.05) is 13.1 Å². The summed E-state index contributed by atoms with van der Waals surface area (Å²) in [6.45, 7) is 0.382. The number of aromatic nitrogens is 1. The molecule has 1 aliphatic heterocycles. The fourth-order valence-corrected chi connectivity index (χ4v) is 5.97.